The molecule has 0 radical (unpaired) electrons. The number of anilines is 1. The maximum Gasteiger partial charge on any atom is 0.251 e. The molecule has 4 rings (SSSR count). The highest BCUT2D eigenvalue weighted by atomic mass is 16.5. The molecular weight excluding hydrogens is 332 g/mol. The van der Waals surface area contributed by atoms with Gasteiger partial charge in [-0.25, -0.2) is 0 Å². The van der Waals surface area contributed by atoms with Gasteiger partial charge in [0.2, 0.25) is 5.91 Å². The number of hydrogen-bond donors (Lipinski definition) is 1. The second-order valence-corrected chi connectivity index (χ2v) is 7.12. The topological polar surface area (TPSA) is 90.4 Å². The lowest BCUT2D eigenvalue weighted by molar-refractivity contribution is -0.131. The van der Waals surface area contributed by atoms with E-state index in [2.05, 4.69) is 4.98 Å². The van der Waals surface area contributed by atoms with Gasteiger partial charge in [0.1, 0.15) is 5.69 Å². The molecule has 2 aromatic heterocycles. The van der Waals surface area contributed by atoms with Crippen molar-refractivity contribution in [2.45, 2.75) is 25.8 Å². The normalized spacial score (nSPS) is 21.2. The molecule has 2 bridgehead atoms. The first-order chi connectivity index (χ1) is 12.5. The van der Waals surface area contributed by atoms with Gasteiger partial charge in [-0.2, -0.15) is 0 Å². The van der Waals surface area contributed by atoms with Gasteiger partial charge in [0, 0.05) is 56.0 Å². The van der Waals surface area contributed by atoms with Gasteiger partial charge in [0.05, 0.1) is 12.8 Å². The first-order valence-corrected chi connectivity index (χ1v) is 8.77. The molecule has 26 heavy (non-hydrogen) atoms. The van der Waals surface area contributed by atoms with Gasteiger partial charge < -0.3 is 19.9 Å². The highest BCUT2D eigenvalue weighted by Crippen LogP contribution is 2.38. The predicted molar refractivity (Wildman–Crippen MR) is 98.0 cm³/mol. The summed E-state index contributed by atoms with van der Waals surface area (Å²) in [4.78, 5) is 30.9. The number of nitrogen functional groups attached to an aromatic ring is 1. The number of aromatic nitrogens is 2. The Bertz CT molecular complexity index is 937. The van der Waals surface area contributed by atoms with Crippen LogP contribution in [0.25, 0.3) is 11.3 Å². The average Bonchev–Trinajstić information content (AvgIpc) is 2.62. The van der Waals surface area contributed by atoms with Crippen molar-refractivity contribution in [2.75, 3.05) is 25.9 Å². The number of nitrogens with zero attached hydrogens (tertiary/aromatic N) is 3. The smallest absolute Gasteiger partial charge is 0.251 e. The van der Waals surface area contributed by atoms with Crippen LogP contribution in [0.4, 0.5) is 5.69 Å². The van der Waals surface area contributed by atoms with Crippen LogP contribution in [0.3, 0.4) is 0 Å². The minimum Gasteiger partial charge on any atom is -0.492 e. The third-order valence-corrected chi connectivity index (χ3v) is 5.41. The number of ether oxygens (including phenoxy) is 1. The third-order valence-electron chi connectivity index (χ3n) is 5.41. The first kappa shape index (κ1) is 16.6. The molecule has 2 aliphatic rings. The van der Waals surface area contributed by atoms with E-state index in [0.29, 0.717) is 41.7 Å². The molecule has 136 valence electrons. The Balaban J connectivity index is 1.82. The molecule has 0 aromatic carbocycles. The van der Waals surface area contributed by atoms with E-state index in [9.17, 15) is 9.59 Å². The van der Waals surface area contributed by atoms with Crippen molar-refractivity contribution in [1.82, 2.24) is 14.5 Å². The second-order valence-electron chi connectivity index (χ2n) is 7.12. The van der Waals surface area contributed by atoms with E-state index in [4.69, 9.17) is 10.5 Å². The monoisotopic (exact) mass is 354 g/mol. The van der Waals surface area contributed by atoms with Crippen LogP contribution in [0.5, 0.6) is 5.75 Å². The zero-order valence-electron chi connectivity index (χ0n) is 14.9. The number of hydrogen-bond acceptors (Lipinski definition) is 5. The second kappa shape index (κ2) is 6.16. The highest BCUT2D eigenvalue weighted by Gasteiger charge is 2.36. The predicted octanol–water partition coefficient (Wildman–Crippen LogP) is 1.47. The Morgan fingerprint density at radius 1 is 1.31 bits per heavy atom. The number of likely N-dealkylation sites (tertiary alicyclic amines) is 1. The number of carbonyl (C=O) groups excluding carboxylic acids is 1. The maximum absolute atomic E-state index is 12.8. The molecule has 2 aromatic rings. The van der Waals surface area contributed by atoms with E-state index >= 15 is 0 Å². The molecule has 0 aliphatic carbocycles. The van der Waals surface area contributed by atoms with Gasteiger partial charge in [-0.15, -0.1) is 0 Å². The highest BCUT2D eigenvalue weighted by molar-refractivity contribution is 5.74. The zero-order valence-corrected chi connectivity index (χ0v) is 14.9. The minimum atomic E-state index is -0.0465. The van der Waals surface area contributed by atoms with E-state index in [1.165, 1.54) is 0 Å². The SMILES string of the molecule is COc1c(N)ccnc1-c1cc2n(c(=O)c1)C[C@H]1C[C@@H]2CN(C(C)=O)C1. The lowest BCUT2D eigenvalue weighted by Gasteiger charge is -2.42. The molecule has 0 saturated carbocycles. The molecular formula is C19H22N4O3. The molecule has 0 spiro atoms. The molecule has 1 saturated heterocycles. The Hall–Kier alpha value is -2.83. The first-order valence-electron chi connectivity index (χ1n) is 8.77. The lowest BCUT2D eigenvalue weighted by Crippen LogP contribution is -2.48. The van der Waals surface area contributed by atoms with Crippen LogP contribution in [0, 0.1) is 5.92 Å². The summed E-state index contributed by atoms with van der Waals surface area (Å²) in [6.45, 7) is 3.63. The van der Waals surface area contributed by atoms with Crippen molar-refractivity contribution in [3.05, 3.63) is 40.4 Å². The number of pyridine rings is 2. The summed E-state index contributed by atoms with van der Waals surface area (Å²) < 4.78 is 7.24. The van der Waals surface area contributed by atoms with Crippen LogP contribution in [0.1, 0.15) is 25.0 Å². The zero-order chi connectivity index (χ0) is 18.4. The summed E-state index contributed by atoms with van der Waals surface area (Å²) in [5.74, 6) is 1.05. The quantitative estimate of drug-likeness (QED) is 0.882. The number of piperidine rings is 1. The Labute approximate surface area is 151 Å². The number of carbonyl (C=O) groups is 1. The molecule has 7 nitrogen and oxygen atoms in total. The number of methoxy groups -OCH3 is 1. The van der Waals surface area contributed by atoms with E-state index in [1.807, 2.05) is 15.5 Å². The van der Waals surface area contributed by atoms with Gasteiger partial charge >= 0.3 is 0 Å². The summed E-state index contributed by atoms with van der Waals surface area (Å²) in [7, 11) is 1.54. The summed E-state index contributed by atoms with van der Waals surface area (Å²) >= 11 is 0. The molecule has 2 atom stereocenters. The molecule has 7 heteroatoms. The van der Waals surface area contributed by atoms with Crippen molar-refractivity contribution < 1.29 is 9.53 Å². The van der Waals surface area contributed by atoms with E-state index < -0.39 is 0 Å². The number of nitrogens with two attached hydrogens (primary N) is 1. The fraction of sp³-hybridized carbons (Fsp3) is 0.421. The van der Waals surface area contributed by atoms with Crippen molar-refractivity contribution in [3.8, 4) is 17.0 Å². The summed E-state index contributed by atoms with van der Waals surface area (Å²) in [5, 5.41) is 0. The van der Waals surface area contributed by atoms with Crippen LogP contribution < -0.4 is 16.0 Å². The van der Waals surface area contributed by atoms with E-state index in [0.717, 1.165) is 18.7 Å². The van der Waals surface area contributed by atoms with Crippen molar-refractivity contribution in [2.24, 2.45) is 5.92 Å². The van der Waals surface area contributed by atoms with Crippen molar-refractivity contribution in [3.63, 3.8) is 0 Å². The Kier molecular flexibility index (Phi) is 3.94. The standard InChI is InChI=1S/C19H22N4O3/c1-11(24)22-8-12-5-14(10-22)16-6-13(7-17(25)23(16)9-12)18-19(26-2)15(20)3-4-21-18/h3-4,6-7,12,14H,5,8-10H2,1-2H3,(H2,20,21)/t12-,14+/m0/s1. The fourth-order valence-corrected chi connectivity index (χ4v) is 4.24. The molecule has 2 N–H and O–H groups in total. The maximum atomic E-state index is 12.8. The van der Waals surface area contributed by atoms with Crippen LogP contribution in [0.2, 0.25) is 0 Å². The van der Waals surface area contributed by atoms with Gasteiger partial charge in [0.15, 0.2) is 5.75 Å². The van der Waals surface area contributed by atoms with Gasteiger partial charge in [0.25, 0.3) is 5.56 Å². The summed E-state index contributed by atoms with van der Waals surface area (Å²) in [6, 6.07) is 5.26. The molecule has 1 amide bonds. The molecule has 2 aliphatic heterocycles. The number of rotatable bonds is 2. The third kappa shape index (κ3) is 2.64. The van der Waals surface area contributed by atoms with Crippen molar-refractivity contribution >= 4 is 11.6 Å². The van der Waals surface area contributed by atoms with Gasteiger partial charge in [-0.05, 0) is 24.5 Å². The van der Waals surface area contributed by atoms with Gasteiger partial charge in [-0.3, -0.25) is 14.6 Å². The minimum absolute atomic E-state index is 0.0465. The van der Waals surface area contributed by atoms with E-state index in [-0.39, 0.29) is 17.4 Å². The average molecular weight is 354 g/mol. The Morgan fingerprint density at radius 2 is 2.12 bits per heavy atom. The Morgan fingerprint density at radius 3 is 2.85 bits per heavy atom. The summed E-state index contributed by atoms with van der Waals surface area (Å²) in [5.41, 5.74) is 8.64. The molecule has 0 unspecified atom stereocenters. The van der Waals surface area contributed by atoms with Crippen molar-refractivity contribution in [1.29, 1.82) is 0 Å². The largest absolute Gasteiger partial charge is 0.492 e. The molecule has 4 heterocycles. The van der Waals surface area contributed by atoms with Crippen LogP contribution in [-0.4, -0.2) is 40.6 Å². The lowest BCUT2D eigenvalue weighted by atomic mass is 9.82. The number of fused-ring (bicyclic) bond motifs is 4. The van der Waals surface area contributed by atoms with Gasteiger partial charge in [-0.1, -0.05) is 0 Å². The molecule has 1 fully saturated rings. The fourth-order valence-electron chi connectivity index (χ4n) is 4.24. The van der Waals surface area contributed by atoms with Crippen LogP contribution >= 0.6 is 0 Å². The number of amides is 1. The van der Waals surface area contributed by atoms with Crippen LogP contribution in [0.15, 0.2) is 29.2 Å². The summed E-state index contributed by atoms with van der Waals surface area (Å²) in [6.07, 6.45) is 2.60. The van der Waals surface area contributed by atoms with Crippen LogP contribution in [-0.2, 0) is 11.3 Å². The van der Waals surface area contributed by atoms with E-state index in [1.54, 1.807) is 32.4 Å².